The summed E-state index contributed by atoms with van der Waals surface area (Å²) < 4.78 is 18.3. The van der Waals surface area contributed by atoms with Crippen LogP contribution in [0.15, 0.2) is 36.7 Å². The van der Waals surface area contributed by atoms with Gasteiger partial charge in [0.2, 0.25) is 0 Å². The van der Waals surface area contributed by atoms with Gasteiger partial charge in [0, 0.05) is 18.0 Å². The number of hydrogen-bond donors (Lipinski definition) is 1. The van der Waals surface area contributed by atoms with Crippen LogP contribution in [0.25, 0.3) is 0 Å². The molecule has 4 nitrogen and oxygen atoms in total. The quantitative estimate of drug-likeness (QED) is 0.858. The van der Waals surface area contributed by atoms with Crippen molar-refractivity contribution in [3.63, 3.8) is 0 Å². The maximum atomic E-state index is 13.2. The molecule has 16 heavy (non-hydrogen) atoms. The number of aliphatic hydroxyl groups is 1. The van der Waals surface area contributed by atoms with Crippen molar-refractivity contribution >= 4 is 0 Å². The maximum absolute atomic E-state index is 13.2. The van der Waals surface area contributed by atoms with E-state index < -0.39 is 5.82 Å². The van der Waals surface area contributed by atoms with Crippen LogP contribution in [0.5, 0.6) is 11.8 Å². The lowest BCUT2D eigenvalue weighted by Crippen LogP contribution is -1.95. The molecule has 5 heteroatoms. The summed E-state index contributed by atoms with van der Waals surface area (Å²) in [6, 6.07) is 6.04. The van der Waals surface area contributed by atoms with E-state index in [0.29, 0.717) is 5.56 Å². The van der Waals surface area contributed by atoms with Crippen LogP contribution in [0.2, 0.25) is 0 Å². The summed E-state index contributed by atoms with van der Waals surface area (Å²) in [5.41, 5.74) is 0.570. The first-order valence-electron chi connectivity index (χ1n) is 4.64. The van der Waals surface area contributed by atoms with Crippen molar-refractivity contribution in [2.24, 2.45) is 0 Å². The molecular weight excluding hydrogens is 211 g/mol. The highest BCUT2D eigenvalue weighted by Crippen LogP contribution is 2.20. The van der Waals surface area contributed by atoms with Gasteiger partial charge >= 0.3 is 6.01 Å². The first kappa shape index (κ1) is 10.5. The highest BCUT2D eigenvalue weighted by atomic mass is 19.1. The number of rotatable bonds is 3. The lowest BCUT2D eigenvalue weighted by molar-refractivity contribution is 0.280. The summed E-state index contributed by atoms with van der Waals surface area (Å²) in [6.45, 7) is -0.139. The molecule has 0 amide bonds. The zero-order valence-electron chi connectivity index (χ0n) is 8.30. The fraction of sp³-hybridized carbons (Fsp3) is 0.0909. The van der Waals surface area contributed by atoms with Crippen LogP contribution in [0.1, 0.15) is 5.56 Å². The molecule has 0 bridgehead atoms. The number of nitrogens with zero attached hydrogens (tertiary/aromatic N) is 2. The van der Waals surface area contributed by atoms with Crippen molar-refractivity contribution in [1.82, 2.24) is 9.97 Å². The van der Waals surface area contributed by atoms with E-state index in [1.54, 1.807) is 12.1 Å². The topological polar surface area (TPSA) is 55.2 Å². The molecule has 1 aromatic heterocycles. The predicted molar refractivity (Wildman–Crippen MR) is 54.4 cm³/mol. The maximum Gasteiger partial charge on any atom is 0.321 e. The van der Waals surface area contributed by atoms with E-state index >= 15 is 0 Å². The Balaban J connectivity index is 2.18. The average Bonchev–Trinajstić information content (AvgIpc) is 2.33. The molecule has 1 aromatic carbocycles. The number of halogens is 1. The van der Waals surface area contributed by atoms with Crippen molar-refractivity contribution in [3.8, 4) is 11.8 Å². The third-order valence-electron chi connectivity index (χ3n) is 1.90. The van der Waals surface area contributed by atoms with Crippen LogP contribution in [0.4, 0.5) is 4.39 Å². The Labute approximate surface area is 91.4 Å². The second-order valence-corrected chi connectivity index (χ2v) is 3.06. The Kier molecular flexibility index (Phi) is 3.07. The summed E-state index contributed by atoms with van der Waals surface area (Å²) >= 11 is 0. The third-order valence-corrected chi connectivity index (χ3v) is 1.90. The zero-order chi connectivity index (χ0) is 11.4. The van der Waals surface area contributed by atoms with Crippen molar-refractivity contribution in [2.75, 3.05) is 0 Å². The molecule has 0 fully saturated rings. The van der Waals surface area contributed by atoms with Gasteiger partial charge in [-0.3, -0.25) is 0 Å². The molecule has 2 rings (SSSR count). The molecule has 0 unspecified atom stereocenters. The molecule has 0 aliphatic carbocycles. The molecular formula is C11H9FN2O2. The predicted octanol–water partition coefficient (Wildman–Crippen LogP) is 1.90. The second-order valence-electron chi connectivity index (χ2n) is 3.06. The van der Waals surface area contributed by atoms with E-state index in [9.17, 15) is 4.39 Å². The Morgan fingerprint density at radius 2 is 1.88 bits per heavy atom. The fourth-order valence-electron chi connectivity index (χ4n) is 1.10. The molecule has 0 spiro atoms. The monoisotopic (exact) mass is 220 g/mol. The van der Waals surface area contributed by atoms with E-state index in [0.717, 1.165) is 0 Å². The second kappa shape index (κ2) is 4.67. The highest BCUT2D eigenvalue weighted by molar-refractivity contribution is 5.26. The lowest BCUT2D eigenvalue weighted by atomic mass is 10.3. The van der Waals surface area contributed by atoms with Crippen molar-refractivity contribution in [2.45, 2.75) is 6.61 Å². The van der Waals surface area contributed by atoms with Crippen LogP contribution in [-0.4, -0.2) is 15.1 Å². The molecule has 0 saturated carbocycles. The molecule has 0 aliphatic heterocycles. The van der Waals surface area contributed by atoms with Crippen molar-refractivity contribution in [3.05, 3.63) is 48.0 Å². The summed E-state index contributed by atoms with van der Waals surface area (Å²) in [4.78, 5) is 7.65. The first-order valence-corrected chi connectivity index (χ1v) is 4.64. The third kappa shape index (κ3) is 2.32. The summed E-state index contributed by atoms with van der Waals surface area (Å²) in [7, 11) is 0. The Bertz CT molecular complexity index is 474. The van der Waals surface area contributed by atoms with Crippen LogP contribution in [0, 0.1) is 5.82 Å². The van der Waals surface area contributed by atoms with Gasteiger partial charge in [0.15, 0.2) is 11.6 Å². The van der Waals surface area contributed by atoms with Gasteiger partial charge in [-0.05, 0) is 12.1 Å². The van der Waals surface area contributed by atoms with Crippen LogP contribution in [-0.2, 0) is 6.61 Å². The molecule has 0 aliphatic rings. The van der Waals surface area contributed by atoms with Crippen molar-refractivity contribution < 1.29 is 14.2 Å². The molecule has 0 saturated heterocycles. The van der Waals surface area contributed by atoms with Gasteiger partial charge < -0.3 is 9.84 Å². The van der Waals surface area contributed by atoms with E-state index in [4.69, 9.17) is 9.84 Å². The number of aromatic nitrogens is 2. The Hall–Kier alpha value is -2.01. The largest absolute Gasteiger partial charge is 0.421 e. The SMILES string of the molecule is OCc1cnc(Oc2ccccc2F)nc1. The average molecular weight is 220 g/mol. The lowest BCUT2D eigenvalue weighted by Gasteiger charge is -2.04. The number of ether oxygens (including phenoxy) is 1. The van der Waals surface area contributed by atoms with E-state index in [1.807, 2.05) is 0 Å². The number of aliphatic hydroxyl groups excluding tert-OH is 1. The summed E-state index contributed by atoms with van der Waals surface area (Å²) in [5.74, 6) is -0.406. The number of hydrogen-bond acceptors (Lipinski definition) is 4. The van der Waals surface area contributed by atoms with E-state index in [2.05, 4.69) is 9.97 Å². The van der Waals surface area contributed by atoms with E-state index in [1.165, 1.54) is 24.5 Å². The zero-order valence-corrected chi connectivity index (χ0v) is 8.30. The highest BCUT2D eigenvalue weighted by Gasteiger charge is 2.05. The minimum absolute atomic E-state index is 0.0438. The van der Waals surface area contributed by atoms with Crippen LogP contribution in [0.3, 0.4) is 0 Å². The summed E-state index contributed by atoms with van der Waals surface area (Å²) in [5, 5.41) is 8.78. The van der Waals surface area contributed by atoms with Crippen molar-refractivity contribution in [1.29, 1.82) is 0 Å². The molecule has 0 atom stereocenters. The Morgan fingerprint density at radius 1 is 1.19 bits per heavy atom. The number of para-hydroxylation sites is 1. The molecule has 2 aromatic rings. The van der Waals surface area contributed by atoms with Gasteiger partial charge in [0.25, 0.3) is 0 Å². The smallest absolute Gasteiger partial charge is 0.321 e. The first-order chi connectivity index (χ1) is 7.79. The minimum atomic E-state index is -0.475. The summed E-state index contributed by atoms with van der Waals surface area (Å²) in [6.07, 6.45) is 2.84. The normalized spacial score (nSPS) is 10.1. The van der Waals surface area contributed by atoms with E-state index in [-0.39, 0.29) is 18.4 Å². The Morgan fingerprint density at radius 3 is 2.50 bits per heavy atom. The van der Waals surface area contributed by atoms with Gasteiger partial charge in [-0.25, -0.2) is 14.4 Å². The molecule has 1 N–H and O–H groups in total. The van der Waals surface area contributed by atoms with Crippen LogP contribution < -0.4 is 4.74 Å². The van der Waals surface area contributed by atoms with Gasteiger partial charge in [-0.15, -0.1) is 0 Å². The van der Waals surface area contributed by atoms with Gasteiger partial charge in [-0.1, -0.05) is 12.1 Å². The van der Waals surface area contributed by atoms with Gasteiger partial charge in [0.1, 0.15) is 0 Å². The molecule has 1 heterocycles. The minimum Gasteiger partial charge on any atom is -0.421 e. The number of benzene rings is 1. The standard InChI is InChI=1S/C11H9FN2O2/c12-9-3-1-2-4-10(9)16-11-13-5-8(7-15)6-14-11/h1-6,15H,7H2. The molecule has 0 radical (unpaired) electrons. The van der Waals surface area contributed by atoms with Gasteiger partial charge in [0.05, 0.1) is 6.61 Å². The van der Waals surface area contributed by atoms with Gasteiger partial charge in [-0.2, -0.15) is 0 Å². The fourth-order valence-corrected chi connectivity index (χ4v) is 1.10. The van der Waals surface area contributed by atoms with Crippen LogP contribution >= 0.6 is 0 Å². The molecule has 82 valence electrons.